The van der Waals surface area contributed by atoms with Gasteiger partial charge in [0.05, 0.1) is 3.79 Å². The van der Waals surface area contributed by atoms with E-state index in [4.69, 9.17) is 4.74 Å². The molecule has 1 aromatic rings. The Labute approximate surface area is 137 Å². The summed E-state index contributed by atoms with van der Waals surface area (Å²) in [5.74, 6) is 0. The highest BCUT2D eigenvalue weighted by molar-refractivity contribution is 9.11. The predicted octanol–water partition coefficient (Wildman–Crippen LogP) is 2.22. The molecule has 1 saturated heterocycles. The summed E-state index contributed by atoms with van der Waals surface area (Å²) in [6, 6.07) is 2.36. The molecule has 0 unspecified atom stereocenters. The van der Waals surface area contributed by atoms with Gasteiger partial charge in [0.25, 0.3) is 0 Å². The van der Waals surface area contributed by atoms with Gasteiger partial charge in [-0.1, -0.05) is 0 Å². The van der Waals surface area contributed by atoms with Crippen LogP contribution in [-0.4, -0.2) is 33.7 Å². The first-order chi connectivity index (χ1) is 10.0. The molecule has 1 aliphatic carbocycles. The summed E-state index contributed by atoms with van der Waals surface area (Å²) in [7, 11) is -3.46. The van der Waals surface area contributed by atoms with Gasteiger partial charge >= 0.3 is 0 Å². The number of hydrogen-bond donors (Lipinski definition) is 2. The molecule has 2 aliphatic rings. The second kappa shape index (κ2) is 6.64. The SMILES string of the molecule is O=S(=O)(NC1CCOCC1)c1cc(CNC2CC2)sc1Br. The lowest BCUT2D eigenvalue weighted by molar-refractivity contribution is 0.0832. The number of thiophene rings is 1. The summed E-state index contributed by atoms with van der Waals surface area (Å²) in [5, 5.41) is 3.40. The number of hydrogen-bond acceptors (Lipinski definition) is 5. The second-order valence-electron chi connectivity index (χ2n) is 5.51. The Morgan fingerprint density at radius 2 is 1.95 bits per heavy atom. The van der Waals surface area contributed by atoms with Gasteiger partial charge in [-0.2, -0.15) is 0 Å². The van der Waals surface area contributed by atoms with E-state index in [-0.39, 0.29) is 6.04 Å². The van der Waals surface area contributed by atoms with E-state index < -0.39 is 10.0 Å². The summed E-state index contributed by atoms with van der Waals surface area (Å²) in [5.41, 5.74) is 0. The van der Waals surface area contributed by atoms with Crippen molar-refractivity contribution in [3.8, 4) is 0 Å². The minimum absolute atomic E-state index is 0.0245. The summed E-state index contributed by atoms with van der Waals surface area (Å²) in [6.45, 7) is 1.98. The Morgan fingerprint density at radius 3 is 2.62 bits per heavy atom. The maximum absolute atomic E-state index is 12.5. The molecule has 118 valence electrons. The normalized spacial score (nSPS) is 20.8. The molecule has 2 fully saturated rings. The van der Waals surface area contributed by atoms with E-state index in [0.29, 0.717) is 27.9 Å². The van der Waals surface area contributed by atoms with E-state index in [0.717, 1.165) is 24.3 Å². The van der Waals surface area contributed by atoms with Gasteiger partial charge in [-0.05, 0) is 47.7 Å². The molecule has 0 bridgehead atoms. The molecule has 0 spiro atoms. The van der Waals surface area contributed by atoms with Gasteiger partial charge in [0.2, 0.25) is 10.0 Å². The molecule has 1 aromatic heterocycles. The number of halogens is 1. The Kier molecular flexibility index (Phi) is 5.02. The van der Waals surface area contributed by atoms with Crippen LogP contribution in [0.4, 0.5) is 0 Å². The van der Waals surface area contributed by atoms with Crippen molar-refractivity contribution < 1.29 is 13.2 Å². The molecular weight excluding hydrogens is 376 g/mol. The van der Waals surface area contributed by atoms with Crippen LogP contribution in [0.3, 0.4) is 0 Å². The molecule has 1 saturated carbocycles. The van der Waals surface area contributed by atoms with Crippen LogP contribution in [-0.2, 0) is 21.3 Å². The lowest BCUT2D eigenvalue weighted by Crippen LogP contribution is -2.38. The molecule has 3 rings (SSSR count). The van der Waals surface area contributed by atoms with Crippen LogP contribution >= 0.6 is 27.3 Å². The number of sulfonamides is 1. The first kappa shape index (κ1) is 15.9. The minimum Gasteiger partial charge on any atom is -0.381 e. The van der Waals surface area contributed by atoms with Crippen LogP contribution in [0.25, 0.3) is 0 Å². The van der Waals surface area contributed by atoms with E-state index >= 15 is 0 Å². The third-order valence-corrected chi connectivity index (χ3v) is 7.45. The zero-order valence-corrected chi connectivity index (χ0v) is 14.8. The van der Waals surface area contributed by atoms with Crippen molar-refractivity contribution in [1.29, 1.82) is 0 Å². The van der Waals surface area contributed by atoms with E-state index in [1.165, 1.54) is 24.2 Å². The molecule has 0 amide bonds. The Hall–Kier alpha value is 0.01000. The predicted molar refractivity (Wildman–Crippen MR) is 86.0 cm³/mol. The Morgan fingerprint density at radius 1 is 1.24 bits per heavy atom. The smallest absolute Gasteiger partial charge is 0.242 e. The largest absolute Gasteiger partial charge is 0.381 e. The molecule has 1 aliphatic heterocycles. The van der Waals surface area contributed by atoms with Crippen molar-refractivity contribution in [2.75, 3.05) is 13.2 Å². The second-order valence-corrected chi connectivity index (χ2v) is 9.65. The highest BCUT2D eigenvalue weighted by atomic mass is 79.9. The molecular formula is C13H19BrN2O3S2. The average molecular weight is 395 g/mol. The zero-order chi connectivity index (χ0) is 14.9. The van der Waals surface area contributed by atoms with E-state index in [1.807, 2.05) is 0 Å². The first-order valence-electron chi connectivity index (χ1n) is 7.16. The summed E-state index contributed by atoms with van der Waals surface area (Å²) >= 11 is 4.87. The molecule has 0 aromatic carbocycles. The van der Waals surface area contributed by atoms with Gasteiger partial charge in [-0.3, -0.25) is 0 Å². The van der Waals surface area contributed by atoms with Crippen LogP contribution in [0.1, 0.15) is 30.6 Å². The van der Waals surface area contributed by atoms with Crippen molar-refractivity contribution in [2.24, 2.45) is 0 Å². The van der Waals surface area contributed by atoms with Crippen molar-refractivity contribution in [1.82, 2.24) is 10.0 Å². The lowest BCUT2D eigenvalue weighted by Gasteiger charge is -2.22. The summed E-state index contributed by atoms with van der Waals surface area (Å²) in [6.07, 6.45) is 3.92. The van der Waals surface area contributed by atoms with Crippen molar-refractivity contribution >= 4 is 37.3 Å². The molecule has 8 heteroatoms. The fraction of sp³-hybridized carbons (Fsp3) is 0.692. The van der Waals surface area contributed by atoms with Crippen LogP contribution in [0.5, 0.6) is 0 Å². The van der Waals surface area contributed by atoms with Gasteiger partial charge in [0.15, 0.2) is 0 Å². The van der Waals surface area contributed by atoms with Crippen molar-refractivity contribution in [3.63, 3.8) is 0 Å². The maximum Gasteiger partial charge on any atom is 0.242 e. The van der Waals surface area contributed by atoms with Crippen molar-refractivity contribution in [2.45, 2.75) is 49.2 Å². The van der Waals surface area contributed by atoms with E-state index in [9.17, 15) is 8.42 Å². The van der Waals surface area contributed by atoms with Crippen molar-refractivity contribution in [3.05, 3.63) is 14.7 Å². The molecule has 0 radical (unpaired) electrons. The summed E-state index contributed by atoms with van der Waals surface area (Å²) < 4.78 is 33.7. The number of ether oxygens (including phenoxy) is 1. The highest BCUT2D eigenvalue weighted by Crippen LogP contribution is 2.32. The molecule has 2 N–H and O–H groups in total. The molecule has 2 heterocycles. The lowest BCUT2D eigenvalue weighted by atomic mass is 10.1. The zero-order valence-electron chi connectivity index (χ0n) is 11.6. The standard InChI is InChI=1S/C13H19BrN2O3S2/c14-13-12(7-11(20-13)8-15-9-1-2-9)21(17,18)16-10-3-5-19-6-4-10/h7,9-10,15-16H,1-6,8H2. The van der Waals surface area contributed by atoms with Crippen LogP contribution < -0.4 is 10.0 Å². The quantitative estimate of drug-likeness (QED) is 0.775. The van der Waals surface area contributed by atoms with E-state index in [2.05, 4.69) is 26.0 Å². The first-order valence-corrected chi connectivity index (χ1v) is 10.3. The number of rotatable bonds is 6. The monoisotopic (exact) mass is 394 g/mol. The third kappa shape index (κ3) is 4.27. The van der Waals surface area contributed by atoms with Gasteiger partial charge in [-0.25, -0.2) is 13.1 Å². The van der Waals surface area contributed by atoms with Gasteiger partial charge < -0.3 is 10.1 Å². The Bertz CT molecular complexity index is 593. The topological polar surface area (TPSA) is 67.4 Å². The molecule has 0 atom stereocenters. The van der Waals surface area contributed by atoms with Crippen LogP contribution in [0, 0.1) is 0 Å². The average Bonchev–Trinajstić information content (AvgIpc) is 3.19. The molecule has 21 heavy (non-hydrogen) atoms. The van der Waals surface area contributed by atoms with E-state index in [1.54, 1.807) is 6.07 Å². The summed E-state index contributed by atoms with van der Waals surface area (Å²) in [4.78, 5) is 1.40. The maximum atomic E-state index is 12.5. The van der Waals surface area contributed by atoms with Crippen LogP contribution in [0.2, 0.25) is 0 Å². The van der Waals surface area contributed by atoms with Gasteiger partial charge in [0.1, 0.15) is 4.90 Å². The van der Waals surface area contributed by atoms with Gasteiger partial charge in [0, 0.05) is 36.7 Å². The van der Waals surface area contributed by atoms with Gasteiger partial charge in [-0.15, -0.1) is 11.3 Å². The number of nitrogens with one attached hydrogen (secondary N) is 2. The highest BCUT2D eigenvalue weighted by Gasteiger charge is 2.26. The fourth-order valence-corrected chi connectivity index (χ4v) is 6.24. The minimum atomic E-state index is -3.46. The fourth-order valence-electron chi connectivity index (χ4n) is 2.30. The third-order valence-electron chi connectivity index (χ3n) is 3.68. The van der Waals surface area contributed by atoms with Crippen LogP contribution in [0.15, 0.2) is 14.7 Å². The Balaban J connectivity index is 1.68. The molecule has 5 nitrogen and oxygen atoms in total.